The van der Waals surface area contributed by atoms with Crippen LogP contribution in [0.2, 0.25) is 10.0 Å². The smallest absolute Gasteiger partial charge is 0.376 e. The maximum Gasteiger partial charge on any atom is 0.534 e. The number of halogens is 5. The van der Waals surface area contributed by atoms with Gasteiger partial charge in [0.1, 0.15) is 11.6 Å². The number of guanidine groups is 1. The van der Waals surface area contributed by atoms with Gasteiger partial charge in [-0.1, -0.05) is 53.5 Å². The summed E-state index contributed by atoms with van der Waals surface area (Å²) in [6, 6.07) is 17.6. The molecule has 2 aliphatic heterocycles. The summed E-state index contributed by atoms with van der Waals surface area (Å²) in [5.74, 6) is 0.118. The normalized spacial score (nSPS) is 19.6. The quantitative estimate of drug-likeness (QED) is 0.313. The summed E-state index contributed by atoms with van der Waals surface area (Å²) in [6.07, 6.45) is 0.726. The summed E-state index contributed by atoms with van der Waals surface area (Å²) in [5.41, 5.74) is 1.71. The Labute approximate surface area is 226 Å². The van der Waals surface area contributed by atoms with Crippen molar-refractivity contribution in [3.05, 3.63) is 87.9 Å². The van der Waals surface area contributed by atoms with Crippen LogP contribution >= 0.6 is 23.2 Å². The fourth-order valence-electron chi connectivity index (χ4n) is 4.57. The van der Waals surface area contributed by atoms with Crippen molar-refractivity contribution in [3.8, 4) is 16.9 Å². The Kier molecular flexibility index (Phi) is 6.57. The van der Waals surface area contributed by atoms with E-state index in [4.69, 9.17) is 33.9 Å². The number of nitrogens with zero attached hydrogens (tertiary/aromatic N) is 3. The summed E-state index contributed by atoms with van der Waals surface area (Å²) in [7, 11) is -5.89. The molecule has 38 heavy (non-hydrogen) atoms. The lowest BCUT2D eigenvalue weighted by atomic mass is 9.81. The first-order valence-corrected chi connectivity index (χ1v) is 13.4. The SMILES string of the molecule is NC1=NC(c2cccc(OS(=O)(=O)C(F)(F)F)c2)(c2cccc(-c3cc(Cl)cc(Cl)c3)c2)C2=NCCCN12. The van der Waals surface area contributed by atoms with Crippen LogP contribution in [0.4, 0.5) is 13.2 Å². The van der Waals surface area contributed by atoms with Crippen LogP contribution in [0.15, 0.2) is 76.7 Å². The molecule has 1 unspecified atom stereocenters. The minimum atomic E-state index is -5.89. The van der Waals surface area contributed by atoms with Crippen molar-refractivity contribution in [2.75, 3.05) is 13.1 Å². The lowest BCUT2D eigenvalue weighted by Crippen LogP contribution is -2.46. The van der Waals surface area contributed by atoms with Gasteiger partial charge in [0, 0.05) is 23.1 Å². The van der Waals surface area contributed by atoms with E-state index in [2.05, 4.69) is 9.18 Å². The number of hydrogen-bond donors (Lipinski definition) is 1. The number of hydrogen-bond acceptors (Lipinski definition) is 7. The topological polar surface area (TPSA) is 97.3 Å². The predicted octanol–water partition coefficient (Wildman–Crippen LogP) is 5.56. The van der Waals surface area contributed by atoms with Crippen molar-refractivity contribution in [2.45, 2.75) is 17.5 Å². The highest BCUT2D eigenvalue weighted by Crippen LogP contribution is 2.44. The Morgan fingerprint density at radius 3 is 2.29 bits per heavy atom. The van der Waals surface area contributed by atoms with Gasteiger partial charge in [0.15, 0.2) is 11.5 Å². The van der Waals surface area contributed by atoms with Crippen molar-refractivity contribution in [2.24, 2.45) is 15.7 Å². The van der Waals surface area contributed by atoms with Crippen molar-refractivity contribution in [3.63, 3.8) is 0 Å². The van der Waals surface area contributed by atoms with E-state index in [1.54, 1.807) is 41.3 Å². The zero-order chi connectivity index (χ0) is 27.3. The van der Waals surface area contributed by atoms with Gasteiger partial charge in [-0.25, -0.2) is 4.99 Å². The fourth-order valence-corrected chi connectivity index (χ4v) is 5.54. The average Bonchev–Trinajstić information content (AvgIpc) is 3.16. The Morgan fingerprint density at radius 1 is 0.947 bits per heavy atom. The van der Waals surface area contributed by atoms with Gasteiger partial charge >= 0.3 is 15.6 Å². The standard InChI is InChI=1S/C25H19Cl2F3N4O3S/c26-19-11-16(12-20(27)14-19)15-4-1-5-17(10-15)24(22-32-8-3-9-34(22)23(31)33-24)18-6-2-7-21(13-18)37-38(35,36)25(28,29)30/h1-2,4-7,10-14H,3,8-9H2,(H2,31,33). The first-order valence-electron chi connectivity index (χ1n) is 11.3. The number of amidine groups is 1. The Bertz CT molecular complexity index is 1570. The zero-order valence-electron chi connectivity index (χ0n) is 19.4. The molecule has 2 heterocycles. The van der Waals surface area contributed by atoms with Gasteiger partial charge in [-0.15, -0.1) is 0 Å². The largest absolute Gasteiger partial charge is 0.534 e. The van der Waals surface area contributed by atoms with Gasteiger partial charge in [0.25, 0.3) is 0 Å². The molecule has 0 saturated heterocycles. The second-order valence-electron chi connectivity index (χ2n) is 8.64. The third kappa shape index (κ3) is 4.59. The molecule has 198 valence electrons. The number of nitrogens with two attached hydrogens (primary N) is 1. The summed E-state index contributed by atoms with van der Waals surface area (Å²) < 4.78 is 66.8. The van der Waals surface area contributed by atoms with Crippen molar-refractivity contribution < 1.29 is 25.8 Å². The van der Waals surface area contributed by atoms with E-state index in [1.807, 2.05) is 12.1 Å². The molecule has 3 aromatic carbocycles. The van der Waals surface area contributed by atoms with Gasteiger partial charge in [0.05, 0.1) is 0 Å². The zero-order valence-corrected chi connectivity index (χ0v) is 21.7. The Morgan fingerprint density at radius 2 is 1.61 bits per heavy atom. The van der Waals surface area contributed by atoms with Gasteiger partial charge in [-0.05, 0) is 65.1 Å². The van der Waals surface area contributed by atoms with Crippen LogP contribution in [0.3, 0.4) is 0 Å². The molecule has 1 atom stereocenters. The van der Waals surface area contributed by atoms with Crippen molar-refractivity contribution in [1.29, 1.82) is 0 Å². The number of aliphatic imine (C=N–C) groups is 2. The molecule has 0 bridgehead atoms. The highest BCUT2D eigenvalue weighted by molar-refractivity contribution is 7.88. The average molecular weight is 583 g/mol. The number of fused-ring (bicyclic) bond motifs is 1. The van der Waals surface area contributed by atoms with E-state index in [0.29, 0.717) is 40.1 Å². The van der Waals surface area contributed by atoms with Crippen LogP contribution in [-0.2, 0) is 15.7 Å². The maximum atomic E-state index is 13.0. The first kappa shape index (κ1) is 26.3. The van der Waals surface area contributed by atoms with E-state index < -0.39 is 26.9 Å². The van der Waals surface area contributed by atoms with Crippen LogP contribution < -0.4 is 9.92 Å². The molecule has 3 aromatic rings. The van der Waals surface area contributed by atoms with Gasteiger partial charge in [0.2, 0.25) is 0 Å². The second-order valence-corrected chi connectivity index (χ2v) is 11.1. The minimum Gasteiger partial charge on any atom is -0.376 e. The Hall–Kier alpha value is -3.28. The van der Waals surface area contributed by atoms with E-state index in [-0.39, 0.29) is 5.96 Å². The van der Waals surface area contributed by atoms with E-state index in [9.17, 15) is 21.6 Å². The molecule has 2 N–H and O–H groups in total. The number of benzene rings is 3. The minimum absolute atomic E-state index is 0.175. The summed E-state index contributed by atoms with van der Waals surface area (Å²) in [5, 5.41) is 0.878. The van der Waals surface area contributed by atoms with Crippen LogP contribution in [0.25, 0.3) is 11.1 Å². The third-order valence-corrected chi connectivity index (χ3v) is 7.57. The van der Waals surface area contributed by atoms with Crippen LogP contribution in [0, 0.1) is 0 Å². The number of rotatable bonds is 5. The van der Waals surface area contributed by atoms with Crippen LogP contribution in [-0.4, -0.2) is 43.7 Å². The monoisotopic (exact) mass is 582 g/mol. The molecule has 2 aliphatic rings. The molecule has 0 saturated carbocycles. The van der Waals surface area contributed by atoms with E-state index in [1.165, 1.54) is 12.1 Å². The first-order chi connectivity index (χ1) is 17.9. The third-order valence-electron chi connectivity index (χ3n) is 6.16. The second kappa shape index (κ2) is 9.48. The molecule has 0 fully saturated rings. The molecule has 0 radical (unpaired) electrons. The van der Waals surface area contributed by atoms with Gasteiger partial charge < -0.3 is 9.92 Å². The van der Waals surface area contributed by atoms with Crippen LogP contribution in [0.1, 0.15) is 17.5 Å². The molecule has 0 aliphatic carbocycles. The summed E-state index contributed by atoms with van der Waals surface area (Å²) in [6.45, 7) is 1.02. The molecule has 7 nitrogen and oxygen atoms in total. The van der Waals surface area contributed by atoms with E-state index >= 15 is 0 Å². The molecule has 0 spiro atoms. The summed E-state index contributed by atoms with van der Waals surface area (Å²) in [4.78, 5) is 11.2. The van der Waals surface area contributed by atoms with Crippen LogP contribution in [0.5, 0.6) is 5.75 Å². The van der Waals surface area contributed by atoms with Crippen molar-refractivity contribution in [1.82, 2.24) is 4.90 Å². The molecule has 0 amide bonds. The van der Waals surface area contributed by atoms with E-state index in [0.717, 1.165) is 23.6 Å². The van der Waals surface area contributed by atoms with Gasteiger partial charge in [-0.2, -0.15) is 21.6 Å². The van der Waals surface area contributed by atoms with Crippen molar-refractivity contribution >= 4 is 45.1 Å². The fraction of sp³-hybridized carbons (Fsp3) is 0.200. The highest BCUT2D eigenvalue weighted by Gasteiger charge is 2.51. The molecule has 5 rings (SSSR count). The van der Waals surface area contributed by atoms with Gasteiger partial charge in [-0.3, -0.25) is 9.89 Å². The summed E-state index contributed by atoms with van der Waals surface area (Å²) >= 11 is 12.4. The predicted molar refractivity (Wildman–Crippen MR) is 140 cm³/mol. The highest BCUT2D eigenvalue weighted by atomic mass is 35.5. The molecule has 0 aromatic heterocycles. The lowest BCUT2D eigenvalue weighted by Gasteiger charge is -2.33. The maximum absolute atomic E-state index is 13.0. The number of alkyl halides is 3. The lowest BCUT2D eigenvalue weighted by molar-refractivity contribution is -0.0500. The molecule has 13 heteroatoms. The molecular weight excluding hydrogens is 564 g/mol. The Balaban J connectivity index is 1.70. The molecular formula is C25H19Cl2F3N4O3S.